The van der Waals surface area contributed by atoms with Gasteiger partial charge in [-0.2, -0.15) is 0 Å². The lowest BCUT2D eigenvalue weighted by Crippen LogP contribution is -2.45. The Labute approximate surface area is 215 Å². The van der Waals surface area contributed by atoms with Gasteiger partial charge in [0.05, 0.1) is 0 Å². The van der Waals surface area contributed by atoms with E-state index in [1.807, 2.05) is 41.9 Å². The third-order valence-electron chi connectivity index (χ3n) is 8.42. The van der Waals surface area contributed by atoms with Gasteiger partial charge in [0.1, 0.15) is 5.69 Å². The molecule has 1 aromatic heterocycles. The molecule has 36 heavy (non-hydrogen) atoms. The first-order valence-corrected chi connectivity index (χ1v) is 13.8. The molecule has 2 aromatic rings. The molecule has 2 fully saturated rings. The number of aromatic nitrogens is 1. The number of para-hydroxylation sites is 1. The van der Waals surface area contributed by atoms with Crippen LogP contribution in [-0.4, -0.2) is 46.9 Å². The molecule has 2 saturated carbocycles. The Kier molecular flexibility index (Phi) is 9.05. The van der Waals surface area contributed by atoms with Crippen LogP contribution in [0.15, 0.2) is 30.3 Å². The molecular formula is C29H43N5O2. The van der Waals surface area contributed by atoms with Crippen molar-refractivity contribution in [3.63, 3.8) is 0 Å². The number of benzene rings is 1. The average Bonchev–Trinajstić information content (AvgIpc) is 3.24. The first-order valence-electron chi connectivity index (χ1n) is 13.8. The van der Waals surface area contributed by atoms with Crippen LogP contribution in [0.4, 0.5) is 0 Å². The monoisotopic (exact) mass is 493 g/mol. The smallest absolute Gasteiger partial charge is 0.268 e. The first-order chi connectivity index (χ1) is 17.4. The zero-order valence-corrected chi connectivity index (χ0v) is 22.0. The van der Waals surface area contributed by atoms with Crippen molar-refractivity contribution in [3.8, 4) is 0 Å². The number of carbonyl (C=O) groups excluding carboxylic acids is 2. The zero-order chi connectivity index (χ0) is 25.5. The summed E-state index contributed by atoms with van der Waals surface area (Å²) < 4.78 is 1.98. The number of nitrogens with one attached hydrogen (secondary N) is 3. The van der Waals surface area contributed by atoms with Crippen LogP contribution in [0.25, 0.3) is 10.9 Å². The van der Waals surface area contributed by atoms with Crippen LogP contribution in [0.2, 0.25) is 0 Å². The summed E-state index contributed by atoms with van der Waals surface area (Å²) >= 11 is 0. The molecule has 1 heterocycles. The number of fused-ring (bicyclic) bond motifs is 1. The molecule has 0 spiro atoms. The molecule has 1 aromatic carbocycles. The van der Waals surface area contributed by atoms with Gasteiger partial charge >= 0.3 is 0 Å². The van der Waals surface area contributed by atoms with E-state index in [4.69, 9.17) is 5.41 Å². The molecule has 3 atom stereocenters. The van der Waals surface area contributed by atoms with Crippen molar-refractivity contribution in [2.24, 2.45) is 18.9 Å². The molecule has 2 aliphatic rings. The van der Waals surface area contributed by atoms with E-state index in [-0.39, 0.29) is 24.0 Å². The third-order valence-corrected chi connectivity index (χ3v) is 8.42. The van der Waals surface area contributed by atoms with Gasteiger partial charge in [0.25, 0.3) is 5.91 Å². The van der Waals surface area contributed by atoms with Gasteiger partial charge < -0.3 is 15.2 Å². The summed E-state index contributed by atoms with van der Waals surface area (Å²) in [5, 5.41) is 16.0. The highest BCUT2D eigenvalue weighted by atomic mass is 16.2. The Hall–Kier alpha value is -2.83. The van der Waals surface area contributed by atoms with Crippen LogP contribution < -0.4 is 10.6 Å². The number of hydrogen-bond acceptors (Lipinski definition) is 3. The standard InChI is InChI=1S/C29H43N5O2/c1-33(20-35)29(30)32-25(16-15-21-9-4-3-5-10-21)18-22-11-8-13-24(17-22)31-28(36)27-19-23-12-6-7-14-26(23)34(27)2/h6-7,12,14,19-22,24-25H,3-5,8-11,13,15-18H2,1-2H3,(H2,30,32)(H,31,36)/t22-,24+,25+/m0/s1. The van der Waals surface area contributed by atoms with Gasteiger partial charge in [0.2, 0.25) is 6.41 Å². The van der Waals surface area contributed by atoms with Crippen LogP contribution in [0, 0.1) is 17.2 Å². The van der Waals surface area contributed by atoms with E-state index in [0.717, 1.165) is 55.3 Å². The van der Waals surface area contributed by atoms with E-state index in [0.29, 0.717) is 18.0 Å². The molecule has 0 radical (unpaired) electrons. The molecule has 7 heteroatoms. The summed E-state index contributed by atoms with van der Waals surface area (Å²) in [7, 11) is 3.58. The molecular weight excluding hydrogens is 450 g/mol. The maximum atomic E-state index is 13.2. The van der Waals surface area contributed by atoms with Crippen molar-refractivity contribution >= 4 is 29.2 Å². The molecule has 0 bridgehead atoms. The van der Waals surface area contributed by atoms with Crippen LogP contribution in [-0.2, 0) is 11.8 Å². The largest absolute Gasteiger partial charge is 0.353 e. The molecule has 2 amide bonds. The second-order valence-corrected chi connectivity index (χ2v) is 11.1. The predicted octanol–water partition coefficient (Wildman–Crippen LogP) is 5.20. The van der Waals surface area contributed by atoms with Gasteiger partial charge in [-0.3, -0.25) is 19.9 Å². The highest BCUT2D eigenvalue weighted by molar-refractivity contribution is 5.98. The fourth-order valence-corrected chi connectivity index (χ4v) is 6.31. The van der Waals surface area contributed by atoms with E-state index >= 15 is 0 Å². The lowest BCUT2D eigenvalue weighted by molar-refractivity contribution is -0.114. The van der Waals surface area contributed by atoms with Crippen LogP contribution in [0.5, 0.6) is 0 Å². The molecule has 2 aliphatic carbocycles. The topological polar surface area (TPSA) is 90.2 Å². The summed E-state index contributed by atoms with van der Waals surface area (Å²) in [6, 6.07) is 10.4. The van der Waals surface area contributed by atoms with Gasteiger partial charge in [-0.05, 0) is 56.1 Å². The number of guanidine groups is 1. The number of carbonyl (C=O) groups is 2. The summed E-state index contributed by atoms with van der Waals surface area (Å²) in [5.41, 5.74) is 1.77. The Morgan fingerprint density at radius 2 is 1.89 bits per heavy atom. The molecule has 3 N–H and O–H groups in total. The van der Waals surface area contributed by atoms with Gasteiger partial charge in [0.15, 0.2) is 5.96 Å². The normalized spacial score (nSPS) is 21.6. The highest BCUT2D eigenvalue weighted by Crippen LogP contribution is 2.32. The van der Waals surface area contributed by atoms with Crippen LogP contribution in [0.1, 0.15) is 87.5 Å². The summed E-state index contributed by atoms with van der Waals surface area (Å²) in [6.07, 6.45) is 14.8. The van der Waals surface area contributed by atoms with Crippen molar-refractivity contribution in [2.45, 2.75) is 89.1 Å². The maximum Gasteiger partial charge on any atom is 0.268 e. The van der Waals surface area contributed by atoms with Gasteiger partial charge in [-0.25, -0.2) is 0 Å². The second-order valence-electron chi connectivity index (χ2n) is 11.1. The number of hydrogen-bond donors (Lipinski definition) is 3. The van der Waals surface area contributed by atoms with Crippen LogP contribution in [0.3, 0.4) is 0 Å². The average molecular weight is 494 g/mol. The number of rotatable bonds is 9. The SMILES string of the molecule is CN(C=O)C(=N)N[C@H](CCC1CCCCC1)C[C@H]1CCC[C@@H](NC(=O)c2cc3ccccc3n2C)C1. The molecule has 0 saturated heterocycles. The minimum Gasteiger partial charge on any atom is -0.353 e. The number of amides is 2. The molecule has 0 unspecified atom stereocenters. The van der Waals surface area contributed by atoms with E-state index in [9.17, 15) is 9.59 Å². The van der Waals surface area contributed by atoms with Crippen molar-refractivity contribution in [2.75, 3.05) is 7.05 Å². The molecule has 196 valence electrons. The Morgan fingerprint density at radius 3 is 2.64 bits per heavy atom. The summed E-state index contributed by atoms with van der Waals surface area (Å²) in [4.78, 5) is 25.6. The summed E-state index contributed by atoms with van der Waals surface area (Å²) in [5.74, 6) is 1.46. The van der Waals surface area contributed by atoms with Crippen molar-refractivity contribution in [1.82, 2.24) is 20.1 Å². The lowest BCUT2D eigenvalue weighted by atomic mass is 9.79. The molecule has 7 nitrogen and oxygen atoms in total. The number of nitrogens with zero attached hydrogens (tertiary/aromatic N) is 2. The fraction of sp³-hybridized carbons (Fsp3) is 0.621. The van der Waals surface area contributed by atoms with E-state index in [1.165, 1.54) is 43.4 Å². The third kappa shape index (κ3) is 6.68. The Balaban J connectivity index is 1.35. The molecule has 4 rings (SSSR count). The molecule has 0 aliphatic heterocycles. The van der Waals surface area contributed by atoms with Crippen molar-refractivity contribution < 1.29 is 9.59 Å². The minimum absolute atomic E-state index is 0.000657. The second kappa shape index (κ2) is 12.4. The van der Waals surface area contributed by atoms with Crippen molar-refractivity contribution in [1.29, 1.82) is 5.41 Å². The van der Waals surface area contributed by atoms with Crippen LogP contribution >= 0.6 is 0 Å². The van der Waals surface area contributed by atoms with Gasteiger partial charge in [-0.15, -0.1) is 0 Å². The maximum absolute atomic E-state index is 13.2. The fourth-order valence-electron chi connectivity index (χ4n) is 6.31. The quantitative estimate of drug-likeness (QED) is 0.255. The van der Waals surface area contributed by atoms with Gasteiger partial charge in [0, 0.05) is 37.1 Å². The number of aryl methyl sites for hydroxylation is 1. The van der Waals surface area contributed by atoms with E-state index in [1.54, 1.807) is 7.05 Å². The van der Waals surface area contributed by atoms with E-state index in [2.05, 4.69) is 10.6 Å². The zero-order valence-electron chi connectivity index (χ0n) is 22.0. The highest BCUT2D eigenvalue weighted by Gasteiger charge is 2.28. The Morgan fingerprint density at radius 1 is 1.14 bits per heavy atom. The summed E-state index contributed by atoms with van der Waals surface area (Å²) in [6.45, 7) is 0. The lowest BCUT2D eigenvalue weighted by Gasteiger charge is -2.33. The van der Waals surface area contributed by atoms with Crippen molar-refractivity contribution in [3.05, 3.63) is 36.0 Å². The Bertz CT molecular complexity index is 1040. The predicted molar refractivity (Wildman–Crippen MR) is 145 cm³/mol. The van der Waals surface area contributed by atoms with Gasteiger partial charge in [-0.1, -0.05) is 63.1 Å². The minimum atomic E-state index is 0.000657. The van der Waals surface area contributed by atoms with E-state index < -0.39 is 0 Å². The first kappa shape index (κ1) is 26.2.